The van der Waals surface area contributed by atoms with Crippen molar-refractivity contribution in [2.45, 2.75) is 75.9 Å². The minimum absolute atomic E-state index is 0.0101. The quantitative estimate of drug-likeness (QED) is 0.289. The molecule has 0 bridgehead atoms. The van der Waals surface area contributed by atoms with Gasteiger partial charge in [0.2, 0.25) is 0 Å². The number of aliphatic carboxylic acids is 1. The highest BCUT2D eigenvalue weighted by Gasteiger charge is 2.34. The van der Waals surface area contributed by atoms with E-state index in [1.54, 1.807) is 11.0 Å². The van der Waals surface area contributed by atoms with Crippen molar-refractivity contribution in [2.75, 3.05) is 11.9 Å². The van der Waals surface area contributed by atoms with Crippen LogP contribution in [0.1, 0.15) is 69.2 Å². The molecule has 0 saturated heterocycles. The number of nitrogens with one attached hydrogen (secondary N) is 2. The molecule has 8 nitrogen and oxygen atoms in total. The van der Waals surface area contributed by atoms with Crippen LogP contribution in [-0.4, -0.2) is 46.0 Å². The molecule has 1 saturated carbocycles. The zero-order valence-electron chi connectivity index (χ0n) is 22.1. The summed E-state index contributed by atoms with van der Waals surface area (Å²) in [5, 5.41) is 13.9. The van der Waals surface area contributed by atoms with Gasteiger partial charge in [0.05, 0.1) is 13.0 Å². The van der Waals surface area contributed by atoms with E-state index in [4.69, 9.17) is 9.52 Å². The number of halogens is 3. The van der Waals surface area contributed by atoms with Gasteiger partial charge in [0.1, 0.15) is 5.76 Å². The SMILES string of the molecule is CC(C)(C)C1CCC(N(Cc2ccc(C(=O)NCCC(=O)O)o2)C(=O)Nc2cccc(SC(F)(F)F)c2)CC1. The summed E-state index contributed by atoms with van der Waals surface area (Å²) in [6, 6.07) is 8.00. The average molecular weight is 570 g/mol. The zero-order chi connectivity index (χ0) is 28.8. The summed E-state index contributed by atoms with van der Waals surface area (Å²) in [7, 11) is 0. The molecule has 1 heterocycles. The number of alkyl halides is 3. The number of furan rings is 1. The van der Waals surface area contributed by atoms with Gasteiger partial charge >= 0.3 is 17.5 Å². The molecular formula is C27H34F3N3O5S. The summed E-state index contributed by atoms with van der Waals surface area (Å²) in [5.41, 5.74) is -4.07. The number of thioether (sulfide) groups is 1. The maximum absolute atomic E-state index is 13.4. The first-order valence-electron chi connectivity index (χ1n) is 12.7. The summed E-state index contributed by atoms with van der Waals surface area (Å²) in [5.74, 6) is -0.764. The summed E-state index contributed by atoms with van der Waals surface area (Å²) >= 11 is -0.254. The Bertz CT molecular complexity index is 1150. The molecule has 214 valence electrons. The van der Waals surface area contributed by atoms with E-state index in [1.165, 1.54) is 30.3 Å². The fourth-order valence-corrected chi connectivity index (χ4v) is 5.31. The van der Waals surface area contributed by atoms with E-state index < -0.39 is 23.4 Å². The van der Waals surface area contributed by atoms with Crippen LogP contribution in [0, 0.1) is 11.3 Å². The molecule has 3 N–H and O–H groups in total. The molecule has 0 atom stereocenters. The predicted octanol–water partition coefficient (Wildman–Crippen LogP) is 6.74. The van der Waals surface area contributed by atoms with Crippen molar-refractivity contribution in [1.82, 2.24) is 10.2 Å². The lowest BCUT2D eigenvalue weighted by atomic mass is 9.71. The molecule has 1 aromatic heterocycles. The Morgan fingerprint density at radius 3 is 2.38 bits per heavy atom. The van der Waals surface area contributed by atoms with Gasteiger partial charge < -0.3 is 25.1 Å². The highest BCUT2D eigenvalue weighted by atomic mass is 32.2. The highest BCUT2D eigenvalue weighted by molar-refractivity contribution is 8.00. The average Bonchev–Trinajstić information content (AvgIpc) is 3.30. The number of amides is 3. The highest BCUT2D eigenvalue weighted by Crippen LogP contribution is 2.40. The van der Waals surface area contributed by atoms with Crippen LogP contribution in [0.15, 0.2) is 45.7 Å². The number of carboxylic acids is 1. The monoisotopic (exact) mass is 569 g/mol. The largest absolute Gasteiger partial charge is 0.481 e. The predicted molar refractivity (Wildman–Crippen MR) is 141 cm³/mol. The van der Waals surface area contributed by atoms with Crippen LogP contribution in [0.3, 0.4) is 0 Å². The number of rotatable bonds is 9. The summed E-state index contributed by atoms with van der Waals surface area (Å²) < 4.78 is 44.2. The maximum atomic E-state index is 13.4. The minimum atomic E-state index is -4.45. The van der Waals surface area contributed by atoms with Crippen LogP contribution in [0.5, 0.6) is 0 Å². The van der Waals surface area contributed by atoms with E-state index in [9.17, 15) is 27.6 Å². The molecule has 12 heteroatoms. The van der Waals surface area contributed by atoms with E-state index in [1.807, 2.05) is 0 Å². The van der Waals surface area contributed by atoms with Crippen LogP contribution in [0.4, 0.5) is 23.7 Å². The number of benzene rings is 1. The lowest BCUT2D eigenvalue weighted by molar-refractivity contribution is -0.136. The van der Waals surface area contributed by atoms with E-state index >= 15 is 0 Å². The zero-order valence-corrected chi connectivity index (χ0v) is 23.0. The fourth-order valence-electron chi connectivity index (χ4n) is 4.71. The first-order valence-corrected chi connectivity index (χ1v) is 13.5. The summed E-state index contributed by atoms with van der Waals surface area (Å²) in [4.78, 5) is 38.0. The van der Waals surface area contributed by atoms with Crippen LogP contribution in [0.2, 0.25) is 0 Å². The summed E-state index contributed by atoms with van der Waals surface area (Å²) in [6.07, 6.45) is 3.12. The third kappa shape index (κ3) is 9.52. The normalized spacial score (nSPS) is 17.9. The summed E-state index contributed by atoms with van der Waals surface area (Å²) in [6.45, 7) is 6.58. The second kappa shape index (κ2) is 12.8. The second-order valence-electron chi connectivity index (χ2n) is 10.7. The molecule has 3 amide bonds. The molecule has 1 aliphatic carbocycles. The number of urea groups is 1. The molecular weight excluding hydrogens is 535 g/mol. The standard InChI is InChI=1S/C27H34F3N3O5S/c1-26(2,3)17-7-9-19(10-8-17)33(16-20-11-12-22(38-20)24(36)31-14-13-23(34)35)25(37)32-18-5-4-6-21(15-18)39-27(28,29)30/h4-6,11-12,15,17,19H,7-10,13-14,16H2,1-3H3,(H,31,36)(H,32,37)(H,34,35). The van der Waals surface area contributed by atoms with E-state index in [0.29, 0.717) is 11.7 Å². The Morgan fingerprint density at radius 1 is 1.08 bits per heavy atom. The number of carbonyl (C=O) groups is 3. The van der Waals surface area contributed by atoms with Gasteiger partial charge in [-0.15, -0.1) is 0 Å². The molecule has 0 unspecified atom stereocenters. The Labute approximate surface area is 229 Å². The Kier molecular flexibility index (Phi) is 9.98. The molecule has 0 aliphatic heterocycles. The third-order valence-corrected chi connectivity index (χ3v) is 7.50. The van der Waals surface area contributed by atoms with Crippen LogP contribution in [0.25, 0.3) is 0 Å². The van der Waals surface area contributed by atoms with Gasteiger partial charge in [-0.3, -0.25) is 9.59 Å². The molecule has 3 rings (SSSR count). The van der Waals surface area contributed by atoms with Gasteiger partial charge in [-0.05, 0) is 79.1 Å². The van der Waals surface area contributed by atoms with Gasteiger partial charge in [0.25, 0.3) is 5.91 Å². The van der Waals surface area contributed by atoms with Crippen LogP contribution < -0.4 is 10.6 Å². The molecule has 1 fully saturated rings. The Balaban J connectivity index is 1.75. The van der Waals surface area contributed by atoms with Gasteiger partial charge in [-0.2, -0.15) is 13.2 Å². The Morgan fingerprint density at radius 2 is 1.77 bits per heavy atom. The number of carboxylic acid groups (broad SMARTS) is 1. The van der Waals surface area contributed by atoms with Gasteiger partial charge in [0, 0.05) is 23.2 Å². The molecule has 2 aromatic rings. The molecule has 0 spiro atoms. The fraction of sp³-hybridized carbons (Fsp3) is 0.519. The van der Waals surface area contributed by atoms with Crippen molar-refractivity contribution >= 4 is 35.4 Å². The van der Waals surface area contributed by atoms with Gasteiger partial charge in [-0.25, -0.2) is 4.79 Å². The van der Waals surface area contributed by atoms with Crippen LogP contribution >= 0.6 is 11.8 Å². The maximum Gasteiger partial charge on any atom is 0.446 e. The number of nitrogens with zero attached hydrogens (tertiary/aromatic N) is 1. The van der Waals surface area contributed by atoms with Crippen molar-refractivity contribution in [1.29, 1.82) is 0 Å². The molecule has 39 heavy (non-hydrogen) atoms. The minimum Gasteiger partial charge on any atom is -0.481 e. The van der Waals surface area contributed by atoms with Gasteiger partial charge in [0.15, 0.2) is 5.76 Å². The number of anilines is 1. The Hall–Kier alpha value is -3.15. The van der Waals surface area contributed by atoms with Crippen molar-refractivity contribution in [3.8, 4) is 0 Å². The third-order valence-electron chi connectivity index (χ3n) is 6.78. The molecule has 1 aliphatic rings. The number of hydrogen-bond donors (Lipinski definition) is 3. The molecule has 0 radical (unpaired) electrons. The lowest BCUT2D eigenvalue weighted by Crippen LogP contribution is -2.45. The van der Waals surface area contributed by atoms with Crippen molar-refractivity contribution in [3.05, 3.63) is 47.9 Å². The topological polar surface area (TPSA) is 112 Å². The second-order valence-corrected chi connectivity index (χ2v) is 11.8. The van der Waals surface area contributed by atoms with Crippen molar-refractivity contribution < 1.29 is 37.1 Å². The lowest BCUT2D eigenvalue weighted by Gasteiger charge is -2.40. The first kappa shape index (κ1) is 30.4. The van der Waals surface area contributed by atoms with Crippen molar-refractivity contribution in [3.63, 3.8) is 0 Å². The van der Waals surface area contributed by atoms with E-state index in [-0.39, 0.29) is 59.1 Å². The smallest absolute Gasteiger partial charge is 0.446 e. The molecule has 1 aromatic carbocycles. The van der Waals surface area contributed by atoms with Crippen LogP contribution in [-0.2, 0) is 11.3 Å². The number of carbonyl (C=O) groups excluding carboxylic acids is 2. The van der Waals surface area contributed by atoms with E-state index in [2.05, 4.69) is 31.4 Å². The number of hydrogen-bond acceptors (Lipinski definition) is 5. The van der Waals surface area contributed by atoms with Crippen molar-refractivity contribution in [2.24, 2.45) is 11.3 Å². The van der Waals surface area contributed by atoms with E-state index in [0.717, 1.165) is 25.7 Å². The first-order chi connectivity index (χ1) is 18.2. The van der Waals surface area contributed by atoms with Gasteiger partial charge in [-0.1, -0.05) is 26.8 Å².